The number of hydrogen-bond acceptors (Lipinski definition) is 3. The zero-order chi connectivity index (χ0) is 15.2. The van der Waals surface area contributed by atoms with Crippen molar-refractivity contribution in [2.24, 2.45) is 0 Å². The molecule has 0 saturated heterocycles. The van der Waals surface area contributed by atoms with Gasteiger partial charge in [0.2, 0.25) is 0 Å². The predicted octanol–water partition coefficient (Wildman–Crippen LogP) is 3.88. The minimum atomic E-state index is -2.81. The van der Waals surface area contributed by atoms with Crippen LogP contribution in [0.2, 0.25) is 0 Å². The van der Waals surface area contributed by atoms with Crippen LogP contribution in [0.15, 0.2) is 48.8 Å². The summed E-state index contributed by atoms with van der Waals surface area (Å²) in [5, 5.41) is 0. The number of halogens is 2. The number of aromatic nitrogens is 1. The minimum Gasteiger partial charge on any atom is -0.434 e. The maximum Gasteiger partial charge on any atom is 0.387 e. The molecule has 2 rings (SSSR count). The highest BCUT2D eigenvalue weighted by molar-refractivity contribution is 5.33. The van der Waals surface area contributed by atoms with E-state index in [-0.39, 0.29) is 11.8 Å². The van der Waals surface area contributed by atoms with Crippen molar-refractivity contribution >= 4 is 0 Å². The van der Waals surface area contributed by atoms with Gasteiger partial charge >= 0.3 is 6.61 Å². The lowest BCUT2D eigenvalue weighted by Crippen LogP contribution is -2.22. The average molecular weight is 292 g/mol. The average Bonchev–Trinajstić information content (AvgIpc) is 2.49. The highest BCUT2D eigenvalue weighted by Crippen LogP contribution is 2.25. The summed E-state index contributed by atoms with van der Waals surface area (Å²) >= 11 is 0. The fourth-order valence-electron chi connectivity index (χ4n) is 2.13. The van der Waals surface area contributed by atoms with Crippen LogP contribution in [-0.4, -0.2) is 23.5 Å². The number of nitrogens with zero attached hydrogens (tertiary/aromatic N) is 2. The van der Waals surface area contributed by atoms with Gasteiger partial charge in [0.25, 0.3) is 0 Å². The SMILES string of the molecule is C[C@H](c1cccnc1)N(C)Cc1ccccc1OC(F)F. The number of benzene rings is 1. The number of rotatable bonds is 6. The van der Waals surface area contributed by atoms with Crippen LogP contribution < -0.4 is 4.74 Å². The van der Waals surface area contributed by atoms with Crippen molar-refractivity contribution in [2.45, 2.75) is 26.1 Å². The highest BCUT2D eigenvalue weighted by Gasteiger charge is 2.15. The Morgan fingerprint density at radius 1 is 1.19 bits per heavy atom. The number of pyridine rings is 1. The molecule has 2 aromatic rings. The summed E-state index contributed by atoms with van der Waals surface area (Å²) in [6.07, 6.45) is 3.53. The fraction of sp³-hybridized carbons (Fsp3) is 0.312. The molecule has 112 valence electrons. The standard InChI is InChI=1S/C16H18F2N2O/c1-12(13-7-5-9-19-10-13)20(2)11-14-6-3-4-8-15(14)21-16(17)18/h3-10,12,16H,11H2,1-2H3/t12-/m1/s1. The first kappa shape index (κ1) is 15.4. The molecule has 0 N–H and O–H groups in total. The molecule has 0 unspecified atom stereocenters. The second-order valence-corrected chi connectivity index (χ2v) is 4.86. The molecule has 0 aliphatic rings. The van der Waals surface area contributed by atoms with Gasteiger partial charge in [-0.25, -0.2) is 0 Å². The van der Waals surface area contributed by atoms with E-state index in [4.69, 9.17) is 0 Å². The van der Waals surface area contributed by atoms with E-state index in [1.54, 1.807) is 24.4 Å². The largest absolute Gasteiger partial charge is 0.434 e. The van der Waals surface area contributed by atoms with E-state index in [0.29, 0.717) is 6.54 Å². The van der Waals surface area contributed by atoms with E-state index < -0.39 is 6.61 Å². The Labute approximate surface area is 123 Å². The third-order valence-corrected chi connectivity index (χ3v) is 3.44. The van der Waals surface area contributed by atoms with Crippen LogP contribution >= 0.6 is 0 Å². The lowest BCUT2D eigenvalue weighted by Gasteiger charge is -2.25. The number of alkyl halides is 2. The summed E-state index contributed by atoms with van der Waals surface area (Å²) in [6.45, 7) is -0.251. The van der Waals surface area contributed by atoms with Gasteiger partial charge in [-0.1, -0.05) is 24.3 Å². The Balaban J connectivity index is 2.11. The van der Waals surface area contributed by atoms with Gasteiger partial charge in [-0.15, -0.1) is 0 Å². The van der Waals surface area contributed by atoms with E-state index in [9.17, 15) is 8.78 Å². The molecule has 1 aromatic heterocycles. The van der Waals surface area contributed by atoms with Crippen LogP contribution in [-0.2, 0) is 6.54 Å². The van der Waals surface area contributed by atoms with E-state index >= 15 is 0 Å². The van der Waals surface area contributed by atoms with E-state index in [1.807, 2.05) is 38.4 Å². The zero-order valence-electron chi connectivity index (χ0n) is 12.0. The first-order chi connectivity index (χ1) is 10.1. The maximum absolute atomic E-state index is 12.4. The third-order valence-electron chi connectivity index (χ3n) is 3.44. The van der Waals surface area contributed by atoms with Gasteiger partial charge in [0.15, 0.2) is 0 Å². The van der Waals surface area contributed by atoms with Gasteiger partial charge in [0.05, 0.1) is 0 Å². The molecule has 0 aliphatic carbocycles. The van der Waals surface area contributed by atoms with Gasteiger partial charge < -0.3 is 4.74 Å². The van der Waals surface area contributed by atoms with Crippen LogP contribution in [0.1, 0.15) is 24.1 Å². The molecule has 3 nitrogen and oxygen atoms in total. The molecule has 5 heteroatoms. The summed E-state index contributed by atoms with van der Waals surface area (Å²) in [7, 11) is 1.94. The Bertz CT molecular complexity index is 563. The van der Waals surface area contributed by atoms with Crippen LogP contribution in [0.25, 0.3) is 0 Å². The van der Waals surface area contributed by atoms with Gasteiger partial charge in [-0.05, 0) is 31.7 Å². The number of para-hydroxylation sites is 1. The molecule has 0 bridgehead atoms. The molecule has 0 fully saturated rings. The van der Waals surface area contributed by atoms with Crippen molar-refractivity contribution in [1.29, 1.82) is 0 Å². The normalized spacial score (nSPS) is 12.7. The van der Waals surface area contributed by atoms with Gasteiger partial charge in [-0.2, -0.15) is 8.78 Å². The van der Waals surface area contributed by atoms with Gasteiger partial charge in [-0.3, -0.25) is 9.88 Å². The Morgan fingerprint density at radius 2 is 1.95 bits per heavy atom. The number of hydrogen-bond donors (Lipinski definition) is 0. The van der Waals surface area contributed by atoms with Gasteiger partial charge in [0, 0.05) is 30.5 Å². The van der Waals surface area contributed by atoms with Crippen molar-refractivity contribution in [2.75, 3.05) is 7.05 Å². The quantitative estimate of drug-likeness (QED) is 0.808. The van der Waals surface area contributed by atoms with Crippen LogP contribution in [0.3, 0.4) is 0 Å². The van der Waals surface area contributed by atoms with Crippen LogP contribution in [0, 0.1) is 0 Å². The van der Waals surface area contributed by atoms with Crippen molar-refractivity contribution in [3.8, 4) is 5.75 Å². The van der Waals surface area contributed by atoms with E-state index in [0.717, 1.165) is 11.1 Å². The monoisotopic (exact) mass is 292 g/mol. The molecule has 0 radical (unpaired) electrons. The summed E-state index contributed by atoms with van der Waals surface area (Å²) in [4.78, 5) is 6.16. The first-order valence-electron chi connectivity index (χ1n) is 6.71. The molecule has 0 saturated carbocycles. The van der Waals surface area contributed by atoms with Crippen LogP contribution in [0.5, 0.6) is 5.75 Å². The van der Waals surface area contributed by atoms with Crippen molar-refractivity contribution in [3.63, 3.8) is 0 Å². The Morgan fingerprint density at radius 3 is 2.62 bits per heavy atom. The Kier molecular flexibility index (Phi) is 5.22. The van der Waals surface area contributed by atoms with E-state index in [1.165, 1.54) is 0 Å². The minimum absolute atomic E-state index is 0.123. The lowest BCUT2D eigenvalue weighted by atomic mass is 10.1. The molecule has 0 amide bonds. The molecule has 1 heterocycles. The van der Waals surface area contributed by atoms with Gasteiger partial charge in [0.1, 0.15) is 5.75 Å². The summed E-state index contributed by atoms with van der Waals surface area (Å²) < 4.78 is 29.4. The molecular weight excluding hydrogens is 274 g/mol. The molecule has 1 atom stereocenters. The molecule has 21 heavy (non-hydrogen) atoms. The number of ether oxygens (including phenoxy) is 1. The highest BCUT2D eigenvalue weighted by atomic mass is 19.3. The van der Waals surface area contributed by atoms with E-state index in [2.05, 4.69) is 14.6 Å². The lowest BCUT2D eigenvalue weighted by molar-refractivity contribution is -0.0508. The zero-order valence-corrected chi connectivity index (χ0v) is 12.0. The summed E-state index contributed by atoms with van der Waals surface area (Å²) in [5.41, 5.74) is 1.81. The topological polar surface area (TPSA) is 25.4 Å². The van der Waals surface area contributed by atoms with Crippen LogP contribution in [0.4, 0.5) is 8.78 Å². The van der Waals surface area contributed by atoms with Crippen molar-refractivity contribution in [3.05, 3.63) is 59.9 Å². The fourth-order valence-corrected chi connectivity index (χ4v) is 2.13. The third kappa shape index (κ3) is 4.23. The molecule has 0 spiro atoms. The smallest absolute Gasteiger partial charge is 0.387 e. The summed E-state index contributed by atoms with van der Waals surface area (Å²) in [5.74, 6) is 0.220. The Hall–Kier alpha value is -2.01. The second kappa shape index (κ2) is 7.13. The molecule has 0 aliphatic heterocycles. The maximum atomic E-state index is 12.4. The summed E-state index contributed by atoms with van der Waals surface area (Å²) in [6, 6.07) is 10.9. The molecule has 1 aromatic carbocycles. The second-order valence-electron chi connectivity index (χ2n) is 4.86. The van der Waals surface area contributed by atoms with Crippen molar-refractivity contribution < 1.29 is 13.5 Å². The predicted molar refractivity (Wildman–Crippen MR) is 77.2 cm³/mol. The van der Waals surface area contributed by atoms with Crippen molar-refractivity contribution in [1.82, 2.24) is 9.88 Å². The first-order valence-corrected chi connectivity index (χ1v) is 6.71. The molecular formula is C16H18F2N2O.